The van der Waals surface area contributed by atoms with E-state index in [2.05, 4.69) is 54.7 Å². The van der Waals surface area contributed by atoms with Gasteiger partial charge in [0.2, 0.25) is 0 Å². The summed E-state index contributed by atoms with van der Waals surface area (Å²) in [5, 5.41) is 7.97. The summed E-state index contributed by atoms with van der Waals surface area (Å²) in [5.41, 5.74) is 4.56. The molecule has 0 radical (unpaired) electrons. The lowest BCUT2D eigenvalue weighted by Gasteiger charge is -2.28. The van der Waals surface area contributed by atoms with Crippen LogP contribution in [0.5, 0.6) is 0 Å². The van der Waals surface area contributed by atoms with E-state index in [1.54, 1.807) is 0 Å². The van der Waals surface area contributed by atoms with Gasteiger partial charge in [-0.25, -0.2) is 0 Å². The van der Waals surface area contributed by atoms with E-state index in [1.165, 1.54) is 16.7 Å². The Morgan fingerprint density at radius 2 is 2.15 bits per heavy atom. The molecule has 0 fully saturated rings. The Morgan fingerprint density at radius 1 is 1.35 bits per heavy atom. The van der Waals surface area contributed by atoms with E-state index >= 15 is 0 Å². The number of rotatable bonds is 4. The monoisotopic (exact) mass is 269 g/mol. The number of nitrogens with zero attached hydrogens (tertiary/aromatic N) is 2. The highest BCUT2D eigenvalue weighted by atomic mass is 15.2. The molecule has 1 atom stereocenters. The summed E-state index contributed by atoms with van der Waals surface area (Å²) in [6, 6.07) is 9.28. The molecule has 0 aliphatic heterocycles. The molecule has 1 N–H and O–H groups in total. The average Bonchev–Trinajstić information content (AvgIpc) is 2.91. The number of hydrogen-bond donors (Lipinski definition) is 1. The van der Waals surface area contributed by atoms with Crippen molar-refractivity contribution in [2.75, 3.05) is 6.54 Å². The summed E-state index contributed by atoms with van der Waals surface area (Å²) in [4.78, 5) is 0. The van der Waals surface area contributed by atoms with Gasteiger partial charge in [0.25, 0.3) is 0 Å². The lowest BCUT2D eigenvalue weighted by Crippen LogP contribution is -2.32. The minimum Gasteiger partial charge on any atom is -0.309 e. The van der Waals surface area contributed by atoms with Crippen LogP contribution in [0.2, 0.25) is 0 Å². The fourth-order valence-corrected chi connectivity index (χ4v) is 3.34. The molecule has 3 heteroatoms. The van der Waals surface area contributed by atoms with Crippen LogP contribution >= 0.6 is 0 Å². The molecule has 0 saturated heterocycles. The molecule has 1 heterocycles. The third-order valence-corrected chi connectivity index (χ3v) is 4.31. The quantitative estimate of drug-likeness (QED) is 0.925. The maximum absolute atomic E-state index is 4.22. The van der Waals surface area contributed by atoms with Crippen LogP contribution in [0.3, 0.4) is 0 Å². The van der Waals surface area contributed by atoms with Gasteiger partial charge in [-0.3, -0.25) is 4.68 Å². The Hall–Kier alpha value is -1.61. The van der Waals surface area contributed by atoms with E-state index in [-0.39, 0.29) is 0 Å². The van der Waals surface area contributed by atoms with Crippen molar-refractivity contribution in [2.45, 2.75) is 32.7 Å². The van der Waals surface area contributed by atoms with Crippen LogP contribution in [0, 0.1) is 5.41 Å². The van der Waals surface area contributed by atoms with Gasteiger partial charge in [-0.2, -0.15) is 5.10 Å². The van der Waals surface area contributed by atoms with E-state index in [0.717, 1.165) is 19.4 Å². The summed E-state index contributed by atoms with van der Waals surface area (Å²) < 4.78 is 1.87. The van der Waals surface area contributed by atoms with Gasteiger partial charge in [0.05, 0.1) is 6.20 Å². The number of aryl methyl sites for hydroxylation is 1. The first-order chi connectivity index (χ1) is 9.56. The second kappa shape index (κ2) is 5.06. The zero-order valence-corrected chi connectivity index (χ0v) is 12.6. The minimum absolute atomic E-state index is 0.290. The summed E-state index contributed by atoms with van der Waals surface area (Å²) in [5.74, 6) is 0. The molecule has 3 nitrogen and oxygen atoms in total. The molecule has 1 aliphatic carbocycles. The second-order valence-corrected chi connectivity index (χ2v) is 6.52. The van der Waals surface area contributed by atoms with Gasteiger partial charge in [-0.15, -0.1) is 0 Å². The molecule has 2 aromatic rings. The second-order valence-electron chi connectivity index (χ2n) is 6.52. The molecular formula is C17H23N3. The zero-order valence-electron chi connectivity index (χ0n) is 12.6. The number of hydrogen-bond acceptors (Lipinski definition) is 2. The lowest BCUT2D eigenvalue weighted by molar-refractivity contribution is 0.271. The average molecular weight is 269 g/mol. The Kier molecular flexibility index (Phi) is 3.38. The van der Waals surface area contributed by atoms with Gasteiger partial charge in [-0.1, -0.05) is 38.1 Å². The molecule has 106 valence electrons. The topological polar surface area (TPSA) is 29.9 Å². The van der Waals surface area contributed by atoms with E-state index in [4.69, 9.17) is 0 Å². The fraction of sp³-hybridized carbons (Fsp3) is 0.471. The predicted octanol–water partition coefficient (Wildman–Crippen LogP) is 2.88. The first-order valence-electron chi connectivity index (χ1n) is 7.35. The first-order valence-corrected chi connectivity index (χ1v) is 7.35. The summed E-state index contributed by atoms with van der Waals surface area (Å²) in [6.07, 6.45) is 6.24. The van der Waals surface area contributed by atoms with Gasteiger partial charge in [0, 0.05) is 19.3 Å². The van der Waals surface area contributed by atoms with E-state index in [0.29, 0.717) is 11.5 Å². The van der Waals surface area contributed by atoms with Gasteiger partial charge in [-0.05, 0) is 41.5 Å². The zero-order chi connectivity index (χ0) is 14.2. The Bertz CT molecular complexity index is 598. The third-order valence-electron chi connectivity index (χ3n) is 4.31. The van der Waals surface area contributed by atoms with Gasteiger partial charge >= 0.3 is 0 Å². The molecule has 20 heavy (non-hydrogen) atoms. The smallest absolute Gasteiger partial charge is 0.0522 e. The van der Waals surface area contributed by atoms with Crippen molar-refractivity contribution in [3.8, 4) is 0 Å². The molecule has 0 bridgehead atoms. The first kappa shape index (κ1) is 13.4. The largest absolute Gasteiger partial charge is 0.309 e. The Morgan fingerprint density at radius 3 is 2.90 bits per heavy atom. The Labute approximate surface area is 121 Å². The maximum Gasteiger partial charge on any atom is 0.0522 e. The van der Waals surface area contributed by atoms with Crippen molar-refractivity contribution in [1.82, 2.24) is 15.1 Å². The van der Waals surface area contributed by atoms with Crippen LogP contribution in [0.4, 0.5) is 0 Å². The minimum atomic E-state index is 0.290. The summed E-state index contributed by atoms with van der Waals surface area (Å²) >= 11 is 0. The number of fused-ring (bicyclic) bond motifs is 1. The van der Waals surface area contributed by atoms with Crippen molar-refractivity contribution in [1.29, 1.82) is 0 Å². The van der Waals surface area contributed by atoms with Crippen LogP contribution < -0.4 is 5.32 Å². The molecule has 1 aliphatic rings. The summed E-state index contributed by atoms with van der Waals surface area (Å²) in [6.45, 7) is 5.71. The highest BCUT2D eigenvalue weighted by molar-refractivity contribution is 5.37. The van der Waals surface area contributed by atoms with Gasteiger partial charge in [0.15, 0.2) is 0 Å². The normalized spacial score (nSPS) is 20.1. The molecule has 0 spiro atoms. The van der Waals surface area contributed by atoms with Crippen molar-refractivity contribution in [3.05, 3.63) is 53.3 Å². The van der Waals surface area contributed by atoms with Crippen LogP contribution in [0.15, 0.2) is 36.7 Å². The third kappa shape index (κ3) is 2.50. The molecule has 0 amide bonds. The van der Waals surface area contributed by atoms with Crippen molar-refractivity contribution >= 4 is 0 Å². The standard InChI is InChI=1S/C17H23N3/c1-17(2)10-14-6-4-5-7-15(14)16(17)18-9-8-13-11-19-20(3)12-13/h4-7,11-12,16,18H,8-10H2,1-3H3. The Balaban J connectivity index is 1.67. The predicted molar refractivity (Wildman–Crippen MR) is 81.6 cm³/mol. The SMILES string of the molecule is Cn1cc(CCNC2c3ccccc3CC2(C)C)cn1. The lowest BCUT2D eigenvalue weighted by atomic mass is 9.85. The molecule has 1 aromatic heterocycles. The fourth-order valence-electron chi connectivity index (χ4n) is 3.34. The van der Waals surface area contributed by atoms with Gasteiger partial charge < -0.3 is 5.32 Å². The molecule has 1 aromatic carbocycles. The molecule has 0 saturated carbocycles. The highest BCUT2D eigenvalue weighted by Gasteiger charge is 2.37. The highest BCUT2D eigenvalue weighted by Crippen LogP contribution is 2.44. The maximum atomic E-state index is 4.22. The number of aromatic nitrogens is 2. The van der Waals surface area contributed by atoms with E-state index < -0.39 is 0 Å². The van der Waals surface area contributed by atoms with Crippen LogP contribution in [-0.4, -0.2) is 16.3 Å². The molecule has 3 rings (SSSR count). The number of benzene rings is 1. The van der Waals surface area contributed by atoms with Crippen LogP contribution in [0.25, 0.3) is 0 Å². The number of nitrogens with one attached hydrogen (secondary N) is 1. The van der Waals surface area contributed by atoms with Crippen LogP contribution in [0.1, 0.15) is 36.6 Å². The van der Waals surface area contributed by atoms with Crippen LogP contribution in [-0.2, 0) is 19.9 Å². The molecule has 1 unspecified atom stereocenters. The molecular weight excluding hydrogens is 246 g/mol. The summed E-state index contributed by atoms with van der Waals surface area (Å²) in [7, 11) is 1.97. The van der Waals surface area contributed by atoms with E-state index in [9.17, 15) is 0 Å². The van der Waals surface area contributed by atoms with Crippen molar-refractivity contribution in [2.24, 2.45) is 12.5 Å². The van der Waals surface area contributed by atoms with Gasteiger partial charge in [0.1, 0.15) is 0 Å². The van der Waals surface area contributed by atoms with Crippen molar-refractivity contribution < 1.29 is 0 Å². The van der Waals surface area contributed by atoms with E-state index in [1.807, 2.05) is 17.9 Å². The van der Waals surface area contributed by atoms with Crippen molar-refractivity contribution in [3.63, 3.8) is 0 Å².